The summed E-state index contributed by atoms with van der Waals surface area (Å²) in [5.41, 5.74) is 0.831. The van der Waals surface area contributed by atoms with E-state index in [1.807, 2.05) is 30.3 Å². The smallest absolute Gasteiger partial charge is 0.245 e. The van der Waals surface area contributed by atoms with Crippen LogP contribution in [-0.2, 0) is 9.53 Å². The van der Waals surface area contributed by atoms with E-state index in [0.717, 1.165) is 18.4 Å². The highest BCUT2D eigenvalue weighted by atomic mass is 35.5. The van der Waals surface area contributed by atoms with Gasteiger partial charge in [-0.3, -0.25) is 4.79 Å². The van der Waals surface area contributed by atoms with Crippen LogP contribution in [0.3, 0.4) is 0 Å². The second-order valence-corrected chi connectivity index (χ2v) is 5.33. The summed E-state index contributed by atoms with van der Waals surface area (Å²) in [5, 5.41) is 8.11. The number of aliphatic hydroxyl groups excluding tert-OH is 1. The molecule has 0 saturated carbocycles. The average Bonchev–Trinajstić information content (AvgIpc) is 2.53. The SMILES string of the molecule is O=C(C(Cl)c1ccccc1)N1CCC(OCCO)CC1. The van der Waals surface area contributed by atoms with E-state index in [-0.39, 0.29) is 18.6 Å². The first-order chi connectivity index (χ1) is 9.72. The third-order valence-electron chi connectivity index (χ3n) is 3.51. The summed E-state index contributed by atoms with van der Waals surface area (Å²) in [4.78, 5) is 14.1. The number of piperidine rings is 1. The Kier molecular flexibility index (Phi) is 5.83. The molecule has 1 amide bonds. The number of benzene rings is 1. The zero-order valence-corrected chi connectivity index (χ0v) is 12.1. The normalized spacial score (nSPS) is 18.0. The van der Waals surface area contributed by atoms with E-state index >= 15 is 0 Å². The standard InChI is InChI=1S/C15H20ClNO3/c16-14(12-4-2-1-3-5-12)15(19)17-8-6-13(7-9-17)20-11-10-18/h1-5,13-14,18H,6-11H2. The minimum absolute atomic E-state index is 0.0386. The first-order valence-electron chi connectivity index (χ1n) is 6.92. The lowest BCUT2D eigenvalue weighted by atomic mass is 10.1. The Bertz CT molecular complexity index is 418. The zero-order valence-electron chi connectivity index (χ0n) is 11.4. The van der Waals surface area contributed by atoms with Gasteiger partial charge in [0.2, 0.25) is 5.91 Å². The van der Waals surface area contributed by atoms with Crippen LogP contribution >= 0.6 is 11.6 Å². The van der Waals surface area contributed by atoms with Crippen molar-refractivity contribution in [2.45, 2.75) is 24.3 Å². The van der Waals surface area contributed by atoms with E-state index in [0.29, 0.717) is 19.7 Å². The van der Waals surface area contributed by atoms with Gasteiger partial charge in [0.05, 0.1) is 19.3 Å². The van der Waals surface area contributed by atoms with Gasteiger partial charge < -0.3 is 14.7 Å². The number of aliphatic hydroxyl groups is 1. The number of amides is 1. The van der Waals surface area contributed by atoms with E-state index in [1.54, 1.807) is 4.90 Å². The van der Waals surface area contributed by atoms with Crippen molar-refractivity contribution in [3.8, 4) is 0 Å². The monoisotopic (exact) mass is 297 g/mol. The molecular weight excluding hydrogens is 278 g/mol. The number of carbonyl (C=O) groups excluding carboxylic acids is 1. The summed E-state index contributed by atoms with van der Waals surface area (Å²) in [7, 11) is 0. The maximum absolute atomic E-state index is 12.3. The Morgan fingerprint density at radius 3 is 2.60 bits per heavy atom. The van der Waals surface area contributed by atoms with Crippen LogP contribution in [0, 0.1) is 0 Å². The third kappa shape index (κ3) is 3.95. The van der Waals surface area contributed by atoms with Crippen molar-refractivity contribution in [1.82, 2.24) is 4.90 Å². The molecular formula is C15H20ClNO3. The van der Waals surface area contributed by atoms with E-state index in [4.69, 9.17) is 21.4 Å². The number of alkyl halides is 1. The molecule has 0 aliphatic carbocycles. The highest BCUT2D eigenvalue weighted by molar-refractivity contribution is 6.30. The summed E-state index contributed by atoms with van der Waals surface area (Å²) >= 11 is 6.25. The number of ether oxygens (including phenoxy) is 1. The largest absolute Gasteiger partial charge is 0.394 e. The lowest BCUT2D eigenvalue weighted by Gasteiger charge is -2.33. The van der Waals surface area contributed by atoms with Gasteiger partial charge >= 0.3 is 0 Å². The molecule has 0 radical (unpaired) electrons. The summed E-state index contributed by atoms with van der Waals surface area (Å²) < 4.78 is 5.48. The molecule has 2 rings (SSSR count). The van der Waals surface area contributed by atoms with Gasteiger partial charge in [0.15, 0.2) is 0 Å². The molecule has 0 aromatic heterocycles. The lowest BCUT2D eigenvalue weighted by molar-refractivity contribution is -0.133. The first-order valence-corrected chi connectivity index (χ1v) is 7.36. The van der Waals surface area contributed by atoms with Gasteiger partial charge in [-0.05, 0) is 18.4 Å². The number of carbonyl (C=O) groups is 1. The Hall–Kier alpha value is -1.10. The summed E-state index contributed by atoms with van der Waals surface area (Å²) in [6, 6.07) is 9.40. The molecule has 1 heterocycles. The number of hydrogen-bond acceptors (Lipinski definition) is 3. The van der Waals surface area contributed by atoms with Gasteiger partial charge in [0.25, 0.3) is 0 Å². The fraction of sp³-hybridized carbons (Fsp3) is 0.533. The van der Waals surface area contributed by atoms with Gasteiger partial charge in [0.1, 0.15) is 5.38 Å². The molecule has 110 valence electrons. The van der Waals surface area contributed by atoms with Crippen LogP contribution in [-0.4, -0.2) is 48.3 Å². The first kappa shape index (κ1) is 15.3. The van der Waals surface area contributed by atoms with E-state index in [9.17, 15) is 4.79 Å². The van der Waals surface area contributed by atoms with Crippen molar-refractivity contribution in [3.05, 3.63) is 35.9 Å². The Morgan fingerprint density at radius 1 is 1.35 bits per heavy atom. The Balaban J connectivity index is 1.85. The van der Waals surface area contributed by atoms with E-state index in [2.05, 4.69) is 0 Å². The van der Waals surface area contributed by atoms with Crippen LogP contribution in [0.5, 0.6) is 0 Å². The molecule has 1 aromatic carbocycles. The second-order valence-electron chi connectivity index (χ2n) is 4.89. The van der Waals surface area contributed by atoms with Crippen LogP contribution in [0.15, 0.2) is 30.3 Å². The van der Waals surface area contributed by atoms with Crippen molar-refractivity contribution in [1.29, 1.82) is 0 Å². The molecule has 1 fully saturated rings. The molecule has 1 unspecified atom stereocenters. The molecule has 1 aromatic rings. The third-order valence-corrected chi connectivity index (χ3v) is 3.95. The van der Waals surface area contributed by atoms with Crippen LogP contribution in [0.1, 0.15) is 23.8 Å². The van der Waals surface area contributed by atoms with Gasteiger partial charge in [-0.1, -0.05) is 30.3 Å². The van der Waals surface area contributed by atoms with E-state index in [1.165, 1.54) is 0 Å². The fourth-order valence-corrected chi connectivity index (χ4v) is 2.67. The van der Waals surface area contributed by atoms with Crippen LogP contribution in [0.2, 0.25) is 0 Å². The molecule has 0 spiro atoms. The number of likely N-dealkylation sites (tertiary alicyclic amines) is 1. The Labute approximate surface area is 124 Å². The van der Waals surface area contributed by atoms with Gasteiger partial charge in [-0.15, -0.1) is 11.6 Å². The molecule has 1 N–H and O–H groups in total. The molecule has 1 aliphatic heterocycles. The van der Waals surface area contributed by atoms with Gasteiger partial charge in [0, 0.05) is 13.1 Å². The average molecular weight is 298 g/mol. The maximum Gasteiger partial charge on any atom is 0.245 e. The minimum Gasteiger partial charge on any atom is -0.394 e. The molecule has 0 bridgehead atoms. The molecule has 5 heteroatoms. The highest BCUT2D eigenvalue weighted by Crippen LogP contribution is 2.25. The van der Waals surface area contributed by atoms with Gasteiger partial charge in [-0.25, -0.2) is 0 Å². The summed E-state index contributed by atoms with van der Waals surface area (Å²) in [6.45, 7) is 1.72. The summed E-state index contributed by atoms with van der Waals surface area (Å²) in [6.07, 6.45) is 1.73. The highest BCUT2D eigenvalue weighted by Gasteiger charge is 2.28. The fourth-order valence-electron chi connectivity index (χ4n) is 2.39. The molecule has 4 nitrogen and oxygen atoms in total. The van der Waals surface area contributed by atoms with Crippen LogP contribution in [0.4, 0.5) is 0 Å². The molecule has 20 heavy (non-hydrogen) atoms. The van der Waals surface area contributed by atoms with Crippen molar-refractivity contribution in [2.24, 2.45) is 0 Å². The molecule has 1 saturated heterocycles. The minimum atomic E-state index is -0.619. The zero-order chi connectivity index (χ0) is 14.4. The van der Waals surface area contributed by atoms with Crippen LogP contribution < -0.4 is 0 Å². The number of rotatable bonds is 5. The maximum atomic E-state index is 12.3. The van der Waals surface area contributed by atoms with Crippen LogP contribution in [0.25, 0.3) is 0 Å². The molecule has 1 aliphatic rings. The number of hydrogen-bond donors (Lipinski definition) is 1. The number of nitrogens with zero attached hydrogens (tertiary/aromatic N) is 1. The quantitative estimate of drug-likeness (QED) is 0.845. The predicted octanol–water partition coefficient (Wildman–Crippen LogP) is 1.97. The summed E-state index contributed by atoms with van der Waals surface area (Å²) in [5.74, 6) is -0.0431. The van der Waals surface area contributed by atoms with Crippen molar-refractivity contribution < 1.29 is 14.6 Å². The Morgan fingerprint density at radius 2 is 2.00 bits per heavy atom. The molecule has 1 atom stereocenters. The van der Waals surface area contributed by atoms with Crippen molar-refractivity contribution in [3.63, 3.8) is 0 Å². The lowest BCUT2D eigenvalue weighted by Crippen LogP contribution is -2.42. The predicted molar refractivity (Wildman–Crippen MR) is 77.7 cm³/mol. The van der Waals surface area contributed by atoms with E-state index < -0.39 is 5.38 Å². The van der Waals surface area contributed by atoms with Crippen molar-refractivity contribution >= 4 is 17.5 Å². The number of halogens is 1. The van der Waals surface area contributed by atoms with Crippen molar-refractivity contribution in [2.75, 3.05) is 26.3 Å². The topological polar surface area (TPSA) is 49.8 Å². The second kappa shape index (κ2) is 7.62. The van der Waals surface area contributed by atoms with Gasteiger partial charge in [-0.2, -0.15) is 0 Å².